The average molecular weight is 277 g/mol. The number of aliphatic carboxylic acids is 1. The Morgan fingerprint density at radius 3 is 2.50 bits per heavy atom. The number of hydrogen-bond donors (Lipinski definition) is 4. The second-order valence-corrected chi connectivity index (χ2v) is 4.48. The largest absolute Gasteiger partial charge is 0.480 e. The van der Waals surface area contributed by atoms with Crippen molar-refractivity contribution in [3.8, 4) is 0 Å². The SMILES string of the molecule is CNC(=O)CCNC(=O)NC(CCSC)C(=O)O. The zero-order valence-electron chi connectivity index (χ0n) is 10.5. The Hall–Kier alpha value is -1.44. The Morgan fingerprint density at radius 1 is 1.33 bits per heavy atom. The predicted octanol–water partition coefficient (Wildman–Crippen LogP) is -0.372. The van der Waals surface area contributed by atoms with Crippen molar-refractivity contribution < 1.29 is 19.5 Å². The van der Waals surface area contributed by atoms with Gasteiger partial charge < -0.3 is 21.1 Å². The van der Waals surface area contributed by atoms with Crippen molar-refractivity contribution in [2.24, 2.45) is 0 Å². The van der Waals surface area contributed by atoms with Gasteiger partial charge in [0.15, 0.2) is 0 Å². The van der Waals surface area contributed by atoms with E-state index in [-0.39, 0.29) is 18.9 Å². The van der Waals surface area contributed by atoms with Gasteiger partial charge in [0.1, 0.15) is 6.04 Å². The first-order valence-electron chi connectivity index (χ1n) is 5.48. The van der Waals surface area contributed by atoms with Crippen LogP contribution in [0.4, 0.5) is 4.79 Å². The standard InChI is InChI=1S/C10H19N3O4S/c1-11-8(14)3-5-12-10(17)13-7(9(15)16)4-6-18-2/h7H,3-6H2,1-2H3,(H,11,14)(H,15,16)(H2,12,13,17). The molecule has 7 nitrogen and oxygen atoms in total. The van der Waals surface area contributed by atoms with E-state index in [4.69, 9.17) is 5.11 Å². The fourth-order valence-corrected chi connectivity index (χ4v) is 1.59. The van der Waals surface area contributed by atoms with Crippen LogP contribution < -0.4 is 16.0 Å². The van der Waals surface area contributed by atoms with E-state index in [0.29, 0.717) is 12.2 Å². The highest BCUT2D eigenvalue weighted by atomic mass is 32.2. The molecule has 104 valence electrons. The third-order valence-corrected chi connectivity index (χ3v) is 2.77. The van der Waals surface area contributed by atoms with Gasteiger partial charge in [0, 0.05) is 20.0 Å². The van der Waals surface area contributed by atoms with Crippen LogP contribution in [-0.4, -0.2) is 54.7 Å². The first kappa shape index (κ1) is 16.6. The molecule has 0 aromatic rings. The van der Waals surface area contributed by atoms with E-state index in [1.54, 1.807) is 0 Å². The van der Waals surface area contributed by atoms with Crippen LogP contribution in [0, 0.1) is 0 Å². The first-order valence-corrected chi connectivity index (χ1v) is 6.87. The van der Waals surface area contributed by atoms with Gasteiger partial charge in [0.05, 0.1) is 0 Å². The van der Waals surface area contributed by atoms with E-state index in [0.717, 1.165) is 0 Å². The quantitative estimate of drug-likeness (QED) is 0.484. The summed E-state index contributed by atoms with van der Waals surface area (Å²) in [5, 5.41) is 16.1. The van der Waals surface area contributed by atoms with Crippen molar-refractivity contribution in [3.05, 3.63) is 0 Å². The Kier molecular flexibility index (Phi) is 8.81. The number of carbonyl (C=O) groups is 3. The number of rotatable bonds is 8. The van der Waals surface area contributed by atoms with Gasteiger partial charge in [-0.15, -0.1) is 0 Å². The molecule has 3 amide bonds. The molecule has 0 saturated heterocycles. The normalized spacial score (nSPS) is 11.4. The van der Waals surface area contributed by atoms with Crippen LogP contribution in [0.15, 0.2) is 0 Å². The summed E-state index contributed by atoms with van der Waals surface area (Å²) in [5.74, 6) is -0.604. The first-order chi connectivity index (χ1) is 8.51. The molecule has 0 bridgehead atoms. The Balaban J connectivity index is 3.94. The third-order valence-electron chi connectivity index (χ3n) is 2.13. The van der Waals surface area contributed by atoms with Gasteiger partial charge in [0.2, 0.25) is 5.91 Å². The molecular formula is C10H19N3O4S. The highest BCUT2D eigenvalue weighted by Gasteiger charge is 2.18. The molecule has 0 radical (unpaired) electrons. The fraction of sp³-hybridized carbons (Fsp3) is 0.700. The number of carboxylic acid groups (broad SMARTS) is 1. The van der Waals surface area contributed by atoms with Crippen LogP contribution in [0.5, 0.6) is 0 Å². The summed E-state index contributed by atoms with van der Waals surface area (Å²) in [5.41, 5.74) is 0. The van der Waals surface area contributed by atoms with Crippen LogP contribution >= 0.6 is 11.8 Å². The van der Waals surface area contributed by atoms with Crippen LogP contribution in [0.3, 0.4) is 0 Å². The molecule has 0 saturated carbocycles. The highest BCUT2D eigenvalue weighted by Crippen LogP contribution is 2.00. The number of amides is 3. The molecule has 0 aliphatic heterocycles. The lowest BCUT2D eigenvalue weighted by molar-refractivity contribution is -0.139. The molecule has 0 rings (SSSR count). The Labute approximate surface area is 110 Å². The molecular weight excluding hydrogens is 258 g/mol. The molecule has 0 aromatic heterocycles. The summed E-state index contributed by atoms with van der Waals surface area (Å²) < 4.78 is 0. The van der Waals surface area contributed by atoms with E-state index >= 15 is 0 Å². The van der Waals surface area contributed by atoms with E-state index in [1.807, 2.05) is 6.26 Å². The molecule has 0 aliphatic carbocycles. The third kappa shape index (κ3) is 7.77. The van der Waals surface area contributed by atoms with Crippen LogP contribution in [-0.2, 0) is 9.59 Å². The number of carbonyl (C=O) groups excluding carboxylic acids is 2. The lowest BCUT2D eigenvalue weighted by atomic mass is 10.2. The molecule has 18 heavy (non-hydrogen) atoms. The maximum absolute atomic E-state index is 11.4. The predicted molar refractivity (Wildman–Crippen MR) is 69.6 cm³/mol. The van der Waals surface area contributed by atoms with E-state index in [9.17, 15) is 14.4 Å². The summed E-state index contributed by atoms with van der Waals surface area (Å²) in [6.07, 6.45) is 2.38. The van der Waals surface area contributed by atoms with E-state index < -0.39 is 18.0 Å². The zero-order valence-corrected chi connectivity index (χ0v) is 11.3. The number of nitrogens with one attached hydrogen (secondary N) is 3. The summed E-state index contributed by atoms with van der Waals surface area (Å²) in [7, 11) is 1.51. The minimum absolute atomic E-state index is 0.159. The summed E-state index contributed by atoms with van der Waals surface area (Å²) in [4.78, 5) is 33.1. The van der Waals surface area contributed by atoms with Crippen molar-refractivity contribution in [1.29, 1.82) is 0 Å². The van der Waals surface area contributed by atoms with Gasteiger partial charge in [-0.3, -0.25) is 4.79 Å². The second kappa shape index (κ2) is 9.58. The number of urea groups is 1. The number of carboxylic acids is 1. The molecule has 0 aromatic carbocycles. The van der Waals surface area contributed by atoms with Gasteiger partial charge in [-0.05, 0) is 18.4 Å². The maximum atomic E-state index is 11.4. The van der Waals surface area contributed by atoms with Crippen molar-refractivity contribution in [1.82, 2.24) is 16.0 Å². The van der Waals surface area contributed by atoms with Crippen LogP contribution in [0.2, 0.25) is 0 Å². The lowest BCUT2D eigenvalue weighted by Gasteiger charge is -2.14. The monoisotopic (exact) mass is 277 g/mol. The molecule has 4 N–H and O–H groups in total. The number of thioether (sulfide) groups is 1. The lowest BCUT2D eigenvalue weighted by Crippen LogP contribution is -2.46. The molecule has 8 heteroatoms. The minimum Gasteiger partial charge on any atom is -0.480 e. The van der Waals surface area contributed by atoms with Gasteiger partial charge in [-0.25, -0.2) is 9.59 Å². The summed E-state index contributed by atoms with van der Waals surface area (Å²) in [6, 6.07) is -1.48. The zero-order chi connectivity index (χ0) is 14.0. The van der Waals surface area contributed by atoms with Gasteiger partial charge in [0.25, 0.3) is 0 Å². The molecule has 0 heterocycles. The van der Waals surface area contributed by atoms with E-state index in [1.165, 1.54) is 18.8 Å². The molecule has 1 unspecified atom stereocenters. The van der Waals surface area contributed by atoms with Crippen molar-refractivity contribution in [2.45, 2.75) is 18.9 Å². The molecule has 0 fully saturated rings. The van der Waals surface area contributed by atoms with Crippen molar-refractivity contribution in [3.63, 3.8) is 0 Å². The van der Waals surface area contributed by atoms with Crippen molar-refractivity contribution in [2.75, 3.05) is 25.6 Å². The summed E-state index contributed by atoms with van der Waals surface area (Å²) in [6.45, 7) is 0.167. The van der Waals surface area contributed by atoms with Crippen LogP contribution in [0.1, 0.15) is 12.8 Å². The van der Waals surface area contributed by atoms with E-state index in [2.05, 4.69) is 16.0 Å². The van der Waals surface area contributed by atoms with Gasteiger partial charge in [-0.1, -0.05) is 0 Å². The number of hydrogen-bond acceptors (Lipinski definition) is 4. The Bertz CT molecular complexity index is 299. The second-order valence-electron chi connectivity index (χ2n) is 3.50. The summed E-state index contributed by atoms with van der Waals surface area (Å²) >= 11 is 1.51. The van der Waals surface area contributed by atoms with Crippen molar-refractivity contribution >= 4 is 29.7 Å². The fourth-order valence-electron chi connectivity index (χ4n) is 1.12. The average Bonchev–Trinajstić information content (AvgIpc) is 2.33. The molecule has 1 atom stereocenters. The Morgan fingerprint density at radius 2 is 2.00 bits per heavy atom. The van der Waals surface area contributed by atoms with Crippen LogP contribution in [0.25, 0.3) is 0 Å². The minimum atomic E-state index is -1.06. The highest BCUT2D eigenvalue weighted by molar-refractivity contribution is 7.98. The molecule has 0 spiro atoms. The topological polar surface area (TPSA) is 108 Å². The van der Waals surface area contributed by atoms with Gasteiger partial charge in [-0.2, -0.15) is 11.8 Å². The smallest absolute Gasteiger partial charge is 0.326 e. The maximum Gasteiger partial charge on any atom is 0.326 e. The molecule has 0 aliphatic rings. The van der Waals surface area contributed by atoms with Gasteiger partial charge >= 0.3 is 12.0 Å².